The van der Waals surface area contributed by atoms with Gasteiger partial charge in [0.2, 0.25) is 11.8 Å². The number of nitriles is 1. The number of carbonyl (C=O) groups is 1. The third-order valence-corrected chi connectivity index (χ3v) is 5.43. The predicted molar refractivity (Wildman–Crippen MR) is 109 cm³/mol. The summed E-state index contributed by atoms with van der Waals surface area (Å²) in [5.74, 6) is 0.481. The van der Waals surface area contributed by atoms with Gasteiger partial charge >= 0.3 is 0 Å². The molecule has 152 valence electrons. The van der Waals surface area contributed by atoms with E-state index < -0.39 is 0 Å². The molecule has 1 saturated carbocycles. The number of aromatic nitrogens is 2. The topological polar surface area (TPSA) is 108 Å². The van der Waals surface area contributed by atoms with Crippen LogP contribution < -0.4 is 15.6 Å². The molecule has 0 saturated heterocycles. The molecule has 29 heavy (non-hydrogen) atoms. The number of pyridine rings is 2. The van der Waals surface area contributed by atoms with Gasteiger partial charge in [-0.1, -0.05) is 6.07 Å². The summed E-state index contributed by atoms with van der Waals surface area (Å²) in [6.07, 6.45) is 7.08. The Bertz CT molecular complexity index is 985. The zero-order chi connectivity index (χ0) is 20.8. The third kappa shape index (κ3) is 5.02. The fourth-order valence-corrected chi connectivity index (χ4v) is 3.77. The smallest absolute Gasteiger partial charge is 0.266 e. The van der Waals surface area contributed by atoms with Crippen molar-refractivity contribution >= 4 is 5.91 Å². The summed E-state index contributed by atoms with van der Waals surface area (Å²) in [6, 6.07) is 5.68. The number of ether oxygens (including phenoxy) is 1. The van der Waals surface area contributed by atoms with Gasteiger partial charge in [0, 0.05) is 30.4 Å². The largest absolute Gasteiger partial charge is 0.474 e. The van der Waals surface area contributed by atoms with Crippen molar-refractivity contribution in [3.63, 3.8) is 0 Å². The van der Waals surface area contributed by atoms with Crippen LogP contribution in [0.15, 0.2) is 23.1 Å². The highest BCUT2D eigenvalue weighted by molar-refractivity contribution is 5.76. The molecule has 7 heteroatoms. The van der Waals surface area contributed by atoms with E-state index >= 15 is 0 Å². The van der Waals surface area contributed by atoms with Gasteiger partial charge in [-0.05, 0) is 63.1 Å². The van der Waals surface area contributed by atoms with E-state index in [0.29, 0.717) is 30.1 Å². The van der Waals surface area contributed by atoms with E-state index in [2.05, 4.69) is 15.3 Å². The second-order valence-corrected chi connectivity index (χ2v) is 7.44. The quantitative estimate of drug-likeness (QED) is 0.751. The number of carbonyl (C=O) groups excluding carboxylic acids is 1. The van der Waals surface area contributed by atoms with Gasteiger partial charge in [0.25, 0.3) is 5.56 Å². The zero-order valence-electron chi connectivity index (χ0n) is 16.9. The van der Waals surface area contributed by atoms with Crippen molar-refractivity contribution in [1.82, 2.24) is 15.3 Å². The number of amides is 1. The number of H-pyrrole nitrogens is 1. The van der Waals surface area contributed by atoms with E-state index in [1.807, 2.05) is 18.2 Å². The van der Waals surface area contributed by atoms with Crippen LogP contribution in [0, 0.1) is 25.2 Å². The minimum absolute atomic E-state index is 0.107. The lowest BCUT2D eigenvalue weighted by molar-refractivity contribution is -0.121. The van der Waals surface area contributed by atoms with E-state index in [1.165, 1.54) is 12.8 Å². The van der Waals surface area contributed by atoms with Crippen LogP contribution in [0.1, 0.15) is 60.1 Å². The summed E-state index contributed by atoms with van der Waals surface area (Å²) in [5.41, 5.74) is 2.75. The molecule has 2 aromatic rings. The molecule has 0 unspecified atom stereocenters. The van der Waals surface area contributed by atoms with Crippen molar-refractivity contribution in [1.29, 1.82) is 5.26 Å². The summed E-state index contributed by atoms with van der Waals surface area (Å²) in [7, 11) is 0. The van der Waals surface area contributed by atoms with Crippen molar-refractivity contribution in [2.45, 2.75) is 65.0 Å². The van der Waals surface area contributed by atoms with Crippen molar-refractivity contribution in [3.05, 3.63) is 56.6 Å². The van der Waals surface area contributed by atoms with Crippen LogP contribution in [0.3, 0.4) is 0 Å². The van der Waals surface area contributed by atoms with Crippen molar-refractivity contribution in [2.24, 2.45) is 0 Å². The average Bonchev–Trinajstić information content (AvgIpc) is 3.20. The molecular weight excluding hydrogens is 368 g/mol. The Morgan fingerprint density at radius 1 is 1.38 bits per heavy atom. The van der Waals surface area contributed by atoms with Gasteiger partial charge in [0.05, 0.1) is 0 Å². The molecule has 1 fully saturated rings. The molecule has 0 bridgehead atoms. The van der Waals surface area contributed by atoms with Gasteiger partial charge in [0.15, 0.2) is 0 Å². The Kier molecular flexibility index (Phi) is 6.65. The monoisotopic (exact) mass is 394 g/mol. The maximum atomic E-state index is 12.4. The molecule has 0 atom stereocenters. The normalized spacial score (nSPS) is 13.8. The molecule has 1 aliphatic rings. The van der Waals surface area contributed by atoms with E-state index in [4.69, 9.17) is 10.00 Å². The minimum Gasteiger partial charge on any atom is -0.474 e. The van der Waals surface area contributed by atoms with Crippen LogP contribution in [-0.2, 0) is 17.8 Å². The van der Waals surface area contributed by atoms with Gasteiger partial charge < -0.3 is 15.0 Å². The lowest BCUT2D eigenvalue weighted by Gasteiger charge is -2.15. The summed E-state index contributed by atoms with van der Waals surface area (Å²) in [4.78, 5) is 31.2. The minimum atomic E-state index is -0.387. The molecule has 0 aromatic carbocycles. The first-order chi connectivity index (χ1) is 14.0. The standard InChI is InChI=1S/C22H26N4O3/c1-14-18(15(2)26-21(28)19(14)12-23)9-10-20(27)25-13-16-6-5-11-24-22(16)29-17-7-3-4-8-17/h5-6,11,17H,3-4,7-10,13H2,1-2H3,(H,25,27)(H,26,28). The molecule has 1 amide bonds. The molecule has 0 radical (unpaired) electrons. The molecule has 7 nitrogen and oxygen atoms in total. The Balaban J connectivity index is 1.59. The lowest BCUT2D eigenvalue weighted by Crippen LogP contribution is -2.25. The van der Waals surface area contributed by atoms with Crippen LogP contribution in [0.2, 0.25) is 0 Å². The van der Waals surface area contributed by atoms with Gasteiger partial charge in [-0.15, -0.1) is 0 Å². The molecule has 2 aromatic heterocycles. The first-order valence-corrected chi connectivity index (χ1v) is 9.99. The highest BCUT2D eigenvalue weighted by Gasteiger charge is 2.19. The zero-order valence-corrected chi connectivity index (χ0v) is 16.9. The lowest BCUT2D eigenvalue weighted by atomic mass is 9.99. The molecule has 3 rings (SSSR count). The van der Waals surface area contributed by atoms with Crippen molar-refractivity contribution in [2.75, 3.05) is 0 Å². The number of aryl methyl sites for hydroxylation is 1. The van der Waals surface area contributed by atoms with Crippen LogP contribution in [0.4, 0.5) is 0 Å². The summed E-state index contributed by atoms with van der Waals surface area (Å²) in [6.45, 7) is 3.88. The fourth-order valence-electron chi connectivity index (χ4n) is 3.77. The number of hydrogen-bond acceptors (Lipinski definition) is 5. The number of hydrogen-bond donors (Lipinski definition) is 2. The van der Waals surface area contributed by atoms with E-state index in [0.717, 1.165) is 24.0 Å². The van der Waals surface area contributed by atoms with E-state index in [-0.39, 0.29) is 29.6 Å². The molecule has 1 aliphatic carbocycles. The van der Waals surface area contributed by atoms with Crippen molar-refractivity contribution in [3.8, 4) is 11.9 Å². The maximum absolute atomic E-state index is 12.4. The predicted octanol–water partition coefficient (Wildman–Crippen LogP) is 2.83. The molecule has 2 heterocycles. The SMILES string of the molecule is Cc1[nH]c(=O)c(C#N)c(C)c1CCC(=O)NCc1cccnc1OC1CCCC1. The molecule has 2 N–H and O–H groups in total. The average molecular weight is 394 g/mol. The Hall–Kier alpha value is -3.14. The first-order valence-electron chi connectivity index (χ1n) is 9.99. The van der Waals surface area contributed by atoms with E-state index in [1.54, 1.807) is 20.0 Å². The van der Waals surface area contributed by atoms with Crippen molar-refractivity contribution < 1.29 is 9.53 Å². The van der Waals surface area contributed by atoms with Gasteiger partial charge in [-0.2, -0.15) is 5.26 Å². The highest BCUT2D eigenvalue weighted by atomic mass is 16.5. The molecule has 0 aliphatic heterocycles. The maximum Gasteiger partial charge on any atom is 0.266 e. The summed E-state index contributed by atoms with van der Waals surface area (Å²) in [5, 5.41) is 12.1. The molecule has 0 spiro atoms. The molecular formula is C22H26N4O3. The van der Waals surface area contributed by atoms with Crippen LogP contribution in [0.5, 0.6) is 5.88 Å². The van der Waals surface area contributed by atoms with Crippen LogP contribution in [-0.4, -0.2) is 22.0 Å². The fraction of sp³-hybridized carbons (Fsp3) is 0.455. The Labute approximate surface area is 170 Å². The van der Waals surface area contributed by atoms with Crippen LogP contribution in [0.25, 0.3) is 0 Å². The Morgan fingerprint density at radius 3 is 2.86 bits per heavy atom. The third-order valence-electron chi connectivity index (χ3n) is 5.43. The number of nitrogens with zero attached hydrogens (tertiary/aromatic N) is 2. The second-order valence-electron chi connectivity index (χ2n) is 7.44. The van der Waals surface area contributed by atoms with Gasteiger partial charge in [-0.3, -0.25) is 9.59 Å². The Morgan fingerprint density at radius 2 is 2.14 bits per heavy atom. The van der Waals surface area contributed by atoms with Crippen LogP contribution >= 0.6 is 0 Å². The van der Waals surface area contributed by atoms with Gasteiger partial charge in [0.1, 0.15) is 17.7 Å². The first kappa shape index (κ1) is 20.6. The highest BCUT2D eigenvalue weighted by Crippen LogP contribution is 2.25. The second kappa shape index (κ2) is 9.37. The number of rotatable bonds is 7. The number of nitrogens with one attached hydrogen (secondary N) is 2. The summed E-state index contributed by atoms with van der Waals surface area (Å²) < 4.78 is 6.01. The van der Waals surface area contributed by atoms with E-state index in [9.17, 15) is 9.59 Å². The number of aromatic amines is 1. The summed E-state index contributed by atoms with van der Waals surface area (Å²) >= 11 is 0. The van der Waals surface area contributed by atoms with Gasteiger partial charge in [-0.25, -0.2) is 4.98 Å².